The van der Waals surface area contributed by atoms with Gasteiger partial charge in [0.25, 0.3) is 5.91 Å². The molecule has 1 atom stereocenters. The van der Waals surface area contributed by atoms with Gasteiger partial charge in [0.15, 0.2) is 0 Å². The Labute approximate surface area is 201 Å². The highest BCUT2D eigenvalue weighted by molar-refractivity contribution is 6.30. The number of benzene rings is 2. The van der Waals surface area contributed by atoms with Crippen LogP contribution in [0.2, 0.25) is 5.02 Å². The lowest BCUT2D eigenvalue weighted by Gasteiger charge is -2.32. The molecule has 0 spiro atoms. The number of nitrogens with zero attached hydrogens (tertiary/aromatic N) is 2. The van der Waals surface area contributed by atoms with Crippen molar-refractivity contribution >= 4 is 51.9 Å². The second kappa shape index (κ2) is 10.1. The molecule has 1 aromatic heterocycles. The number of nitrogens with one attached hydrogen (secondary N) is 1. The van der Waals surface area contributed by atoms with E-state index in [1.165, 1.54) is 6.07 Å². The standard InChI is InChI=1S/C25H24ClN3O5/c1-2-34-25(33)16-4-3-11-29(14-16)22-13-20(24(31)32)19-12-18(9-10-21(19)28-22)27-23(30)15-5-7-17(26)8-6-15/h5-10,12-13,16H,2-4,11,14H2,1H3,(H,27,30)(H,31,32). The number of fused-ring (bicyclic) bond motifs is 1. The zero-order valence-corrected chi connectivity index (χ0v) is 19.3. The fourth-order valence-corrected chi connectivity index (χ4v) is 4.20. The van der Waals surface area contributed by atoms with Crippen LogP contribution in [0.1, 0.15) is 40.5 Å². The molecule has 1 unspecified atom stereocenters. The zero-order chi connectivity index (χ0) is 24.2. The van der Waals surface area contributed by atoms with E-state index in [0.717, 1.165) is 12.8 Å². The fraction of sp³-hybridized carbons (Fsp3) is 0.280. The van der Waals surface area contributed by atoms with Gasteiger partial charge in [-0.1, -0.05) is 11.6 Å². The van der Waals surface area contributed by atoms with E-state index in [1.54, 1.807) is 49.4 Å². The minimum atomic E-state index is -1.10. The lowest BCUT2D eigenvalue weighted by atomic mass is 9.98. The number of rotatable bonds is 6. The van der Waals surface area contributed by atoms with Gasteiger partial charge in [0.2, 0.25) is 0 Å². The number of carbonyl (C=O) groups is 3. The van der Waals surface area contributed by atoms with Crippen LogP contribution in [-0.2, 0) is 9.53 Å². The third kappa shape index (κ3) is 5.12. The van der Waals surface area contributed by atoms with Crippen LogP contribution >= 0.6 is 11.6 Å². The summed E-state index contributed by atoms with van der Waals surface area (Å²) in [5.74, 6) is -1.46. The molecule has 2 N–H and O–H groups in total. The predicted octanol–water partition coefficient (Wildman–Crippen LogP) is 4.62. The number of halogens is 1. The highest BCUT2D eigenvalue weighted by atomic mass is 35.5. The molecule has 176 valence electrons. The molecule has 2 heterocycles. The number of anilines is 2. The van der Waals surface area contributed by atoms with E-state index in [9.17, 15) is 19.5 Å². The summed E-state index contributed by atoms with van der Waals surface area (Å²) < 4.78 is 5.16. The number of hydrogen-bond donors (Lipinski definition) is 2. The van der Waals surface area contributed by atoms with Gasteiger partial charge in [-0.2, -0.15) is 0 Å². The van der Waals surface area contributed by atoms with E-state index in [1.807, 2.05) is 4.90 Å². The number of esters is 1. The Bertz CT molecular complexity index is 1250. The smallest absolute Gasteiger partial charge is 0.336 e. The summed E-state index contributed by atoms with van der Waals surface area (Å²) in [6.45, 7) is 3.19. The molecule has 34 heavy (non-hydrogen) atoms. The summed E-state index contributed by atoms with van der Waals surface area (Å²) in [4.78, 5) is 43.4. The lowest BCUT2D eigenvalue weighted by molar-refractivity contribution is -0.148. The van der Waals surface area contributed by atoms with Gasteiger partial charge in [0.1, 0.15) is 5.82 Å². The summed E-state index contributed by atoms with van der Waals surface area (Å²) in [7, 11) is 0. The van der Waals surface area contributed by atoms with Crippen LogP contribution in [0.25, 0.3) is 10.9 Å². The van der Waals surface area contributed by atoms with E-state index in [-0.39, 0.29) is 23.4 Å². The topological polar surface area (TPSA) is 109 Å². The number of aromatic nitrogens is 1. The monoisotopic (exact) mass is 481 g/mol. The van der Waals surface area contributed by atoms with Crippen LogP contribution in [-0.4, -0.2) is 47.6 Å². The number of carboxylic acids is 1. The van der Waals surface area contributed by atoms with Crippen LogP contribution in [0.15, 0.2) is 48.5 Å². The van der Waals surface area contributed by atoms with Crippen LogP contribution < -0.4 is 10.2 Å². The third-order valence-electron chi connectivity index (χ3n) is 5.76. The van der Waals surface area contributed by atoms with Gasteiger partial charge in [-0.25, -0.2) is 9.78 Å². The van der Waals surface area contributed by atoms with Gasteiger partial charge < -0.3 is 20.1 Å². The first-order valence-corrected chi connectivity index (χ1v) is 11.4. The van der Waals surface area contributed by atoms with Crippen LogP contribution in [0, 0.1) is 5.92 Å². The molecule has 1 aliphatic heterocycles. The normalized spacial score (nSPS) is 15.7. The SMILES string of the molecule is CCOC(=O)C1CCCN(c2cc(C(=O)O)c3cc(NC(=O)c4ccc(Cl)cc4)ccc3n2)C1. The van der Waals surface area contributed by atoms with Gasteiger partial charge in [-0.15, -0.1) is 0 Å². The fourth-order valence-electron chi connectivity index (χ4n) is 4.07. The maximum absolute atomic E-state index is 12.5. The van der Waals surface area contributed by atoms with Crippen molar-refractivity contribution in [3.63, 3.8) is 0 Å². The van der Waals surface area contributed by atoms with Gasteiger partial charge in [0.05, 0.1) is 23.6 Å². The van der Waals surface area contributed by atoms with E-state index in [4.69, 9.17) is 16.3 Å². The second-order valence-electron chi connectivity index (χ2n) is 8.06. The van der Waals surface area contributed by atoms with Crippen LogP contribution in [0.5, 0.6) is 0 Å². The van der Waals surface area contributed by atoms with Gasteiger partial charge in [-0.3, -0.25) is 9.59 Å². The number of carboxylic acid groups (broad SMARTS) is 1. The summed E-state index contributed by atoms with van der Waals surface area (Å²) in [6, 6.07) is 12.9. The van der Waals surface area contributed by atoms with E-state index in [0.29, 0.717) is 52.7 Å². The maximum atomic E-state index is 12.5. The number of pyridine rings is 1. The minimum absolute atomic E-state index is 0.0702. The van der Waals surface area contributed by atoms with Crippen LogP contribution in [0.4, 0.5) is 11.5 Å². The molecule has 0 aliphatic carbocycles. The van der Waals surface area contributed by atoms with Crippen LogP contribution in [0.3, 0.4) is 0 Å². The molecule has 2 aromatic carbocycles. The quantitative estimate of drug-likeness (QED) is 0.494. The Morgan fingerprint density at radius 1 is 1.18 bits per heavy atom. The van der Waals surface area contributed by atoms with Gasteiger partial charge >= 0.3 is 11.9 Å². The second-order valence-corrected chi connectivity index (χ2v) is 8.50. The van der Waals surface area contributed by atoms with E-state index >= 15 is 0 Å². The maximum Gasteiger partial charge on any atom is 0.336 e. The molecule has 1 aliphatic rings. The molecule has 9 heteroatoms. The number of aromatic carboxylic acids is 1. The molecule has 0 radical (unpaired) electrons. The highest BCUT2D eigenvalue weighted by Gasteiger charge is 2.28. The third-order valence-corrected chi connectivity index (χ3v) is 6.01. The number of amides is 1. The molecule has 0 bridgehead atoms. The van der Waals surface area contributed by atoms with Crippen molar-refractivity contribution < 1.29 is 24.2 Å². The van der Waals surface area contributed by atoms with Gasteiger partial charge in [0, 0.05) is 34.7 Å². The largest absolute Gasteiger partial charge is 0.478 e. The van der Waals surface area contributed by atoms with Crippen molar-refractivity contribution in [1.29, 1.82) is 0 Å². The number of carbonyl (C=O) groups excluding carboxylic acids is 2. The number of ether oxygens (including phenoxy) is 1. The summed E-state index contributed by atoms with van der Waals surface area (Å²) >= 11 is 5.87. The molecule has 1 saturated heterocycles. The molecule has 0 saturated carbocycles. The lowest BCUT2D eigenvalue weighted by Crippen LogP contribution is -2.40. The zero-order valence-electron chi connectivity index (χ0n) is 18.6. The van der Waals surface area contributed by atoms with Crippen molar-refractivity contribution in [3.8, 4) is 0 Å². The first-order valence-electron chi connectivity index (χ1n) is 11.0. The van der Waals surface area contributed by atoms with E-state index in [2.05, 4.69) is 10.3 Å². The van der Waals surface area contributed by atoms with Crippen molar-refractivity contribution in [2.75, 3.05) is 29.9 Å². The summed E-state index contributed by atoms with van der Waals surface area (Å²) in [6.07, 6.45) is 1.51. The summed E-state index contributed by atoms with van der Waals surface area (Å²) in [5, 5.41) is 13.6. The van der Waals surface area contributed by atoms with E-state index < -0.39 is 5.97 Å². The molecule has 1 fully saturated rings. The molecule has 4 rings (SSSR count). The van der Waals surface area contributed by atoms with Crippen molar-refractivity contribution in [1.82, 2.24) is 4.98 Å². The highest BCUT2D eigenvalue weighted by Crippen LogP contribution is 2.29. The average molecular weight is 482 g/mol. The Balaban J connectivity index is 1.62. The molecule has 1 amide bonds. The minimum Gasteiger partial charge on any atom is -0.478 e. The molecule has 8 nitrogen and oxygen atoms in total. The Morgan fingerprint density at radius 3 is 2.65 bits per heavy atom. The molecular weight excluding hydrogens is 458 g/mol. The summed E-state index contributed by atoms with van der Waals surface area (Å²) in [5.41, 5.74) is 1.43. The Kier molecular flexibility index (Phi) is 6.98. The number of piperidine rings is 1. The predicted molar refractivity (Wildman–Crippen MR) is 130 cm³/mol. The Hall–Kier alpha value is -3.65. The first-order chi connectivity index (χ1) is 16.4. The number of hydrogen-bond acceptors (Lipinski definition) is 6. The first kappa shape index (κ1) is 23.5. The van der Waals surface area contributed by atoms with Crippen molar-refractivity contribution in [3.05, 3.63) is 64.7 Å². The average Bonchev–Trinajstić information content (AvgIpc) is 2.84. The van der Waals surface area contributed by atoms with Gasteiger partial charge in [-0.05, 0) is 68.3 Å². The molecular formula is C25H24ClN3O5. The Morgan fingerprint density at radius 2 is 1.94 bits per heavy atom. The van der Waals surface area contributed by atoms with Crippen molar-refractivity contribution in [2.24, 2.45) is 5.92 Å². The molecule has 3 aromatic rings. The van der Waals surface area contributed by atoms with Crippen molar-refractivity contribution in [2.45, 2.75) is 19.8 Å².